The van der Waals surface area contributed by atoms with Crippen LogP contribution in [0.3, 0.4) is 0 Å². The molecule has 0 heterocycles. The quantitative estimate of drug-likeness (QED) is 0.0569. The maximum Gasteiger partial charge on any atom is 0.303 e. The third kappa shape index (κ3) is 11.7. The van der Waals surface area contributed by atoms with Gasteiger partial charge in [-0.2, -0.15) is 0 Å². The lowest BCUT2D eigenvalue weighted by Crippen LogP contribution is -2.04. The SMILES string of the molecule is CCCCCCC(CCCCCCCCCCC(=O)O)c1ccc(N=[N+]=[N-])cc1[N+](=O)[O-]. The molecule has 8 nitrogen and oxygen atoms in total. The van der Waals surface area contributed by atoms with Crippen LogP contribution in [0.2, 0.25) is 0 Å². The largest absolute Gasteiger partial charge is 0.481 e. The van der Waals surface area contributed by atoms with Gasteiger partial charge in [-0.15, -0.1) is 0 Å². The minimum atomic E-state index is -0.720. The first kappa shape index (κ1) is 27.4. The summed E-state index contributed by atoms with van der Waals surface area (Å²) in [6, 6.07) is 4.83. The Bertz CT molecular complexity index is 748. The zero-order valence-corrected chi connectivity index (χ0v) is 19.4. The first-order valence-corrected chi connectivity index (χ1v) is 12.0. The summed E-state index contributed by atoms with van der Waals surface area (Å²) in [5.74, 6) is -0.578. The fourth-order valence-corrected chi connectivity index (χ4v) is 4.15. The molecule has 0 saturated carbocycles. The molecule has 178 valence electrons. The molecule has 0 aliphatic rings. The molecule has 0 fully saturated rings. The molecule has 0 aliphatic carbocycles. The van der Waals surface area contributed by atoms with Crippen molar-refractivity contribution in [2.75, 3.05) is 0 Å². The Morgan fingerprint density at radius 3 is 2.12 bits per heavy atom. The minimum absolute atomic E-state index is 0.0525. The zero-order valence-electron chi connectivity index (χ0n) is 19.4. The van der Waals surface area contributed by atoms with Gasteiger partial charge >= 0.3 is 5.97 Å². The number of carbonyl (C=O) groups is 1. The smallest absolute Gasteiger partial charge is 0.303 e. The maximum absolute atomic E-state index is 11.7. The van der Waals surface area contributed by atoms with E-state index in [9.17, 15) is 14.9 Å². The number of nitrogens with zero attached hydrogens (tertiary/aromatic N) is 4. The van der Waals surface area contributed by atoms with Crippen molar-refractivity contribution in [3.63, 3.8) is 0 Å². The number of hydrogen-bond acceptors (Lipinski definition) is 4. The molecular weight excluding hydrogens is 408 g/mol. The van der Waals surface area contributed by atoms with Gasteiger partial charge in [0.25, 0.3) is 5.69 Å². The van der Waals surface area contributed by atoms with Crippen molar-refractivity contribution in [3.8, 4) is 0 Å². The first-order chi connectivity index (χ1) is 15.5. The number of carboxylic acid groups (broad SMARTS) is 1. The molecule has 32 heavy (non-hydrogen) atoms. The van der Waals surface area contributed by atoms with Crippen LogP contribution in [0.25, 0.3) is 10.4 Å². The molecular formula is C24H38N4O4. The summed E-state index contributed by atoms with van der Waals surface area (Å²) in [4.78, 5) is 24.5. The Morgan fingerprint density at radius 2 is 1.59 bits per heavy atom. The van der Waals surface area contributed by atoms with E-state index < -0.39 is 5.97 Å². The molecule has 1 N–H and O–H groups in total. The highest BCUT2D eigenvalue weighted by Crippen LogP contribution is 2.36. The fraction of sp³-hybridized carbons (Fsp3) is 0.708. The molecule has 0 spiro atoms. The van der Waals surface area contributed by atoms with Crippen molar-refractivity contribution in [1.82, 2.24) is 0 Å². The number of benzene rings is 1. The summed E-state index contributed by atoms with van der Waals surface area (Å²) in [5.41, 5.74) is 9.71. The summed E-state index contributed by atoms with van der Waals surface area (Å²) in [6.07, 6.45) is 15.0. The highest BCUT2D eigenvalue weighted by atomic mass is 16.6. The van der Waals surface area contributed by atoms with Crippen molar-refractivity contribution in [1.29, 1.82) is 0 Å². The highest BCUT2D eigenvalue weighted by molar-refractivity contribution is 5.66. The van der Waals surface area contributed by atoms with Crippen LogP contribution in [0.1, 0.15) is 115 Å². The van der Waals surface area contributed by atoms with Crippen LogP contribution >= 0.6 is 0 Å². The number of hydrogen-bond donors (Lipinski definition) is 1. The number of unbranched alkanes of at least 4 members (excludes halogenated alkanes) is 10. The summed E-state index contributed by atoms with van der Waals surface area (Å²) >= 11 is 0. The summed E-state index contributed by atoms with van der Waals surface area (Å²) < 4.78 is 0. The number of azide groups is 1. The number of aliphatic carboxylic acids is 1. The molecule has 0 saturated heterocycles. The Hall–Kier alpha value is -2.60. The van der Waals surface area contributed by atoms with Crippen LogP contribution in [0.4, 0.5) is 11.4 Å². The van der Waals surface area contributed by atoms with E-state index in [0.717, 1.165) is 89.0 Å². The average Bonchev–Trinajstić information content (AvgIpc) is 2.76. The monoisotopic (exact) mass is 446 g/mol. The van der Waals surface area contributed by atoms with Gasteiger partial charge in [-0.3, -0.25) is 14.9 Å². The first-order valence-electron chi connectivity index (χ1n) is 12.0. The average molecular weight is 447 g/mol. The highest BCUT2D eigenvalue weighted by Gasteiger charge is 2.22. The number of rotatable bonds is 19. The van der Waals surface area contributed by atoms with E-state index in [1.165, 1.54) is 12.5 Å². The van der Waals surface area contributed by atoms with Crippen LogP contribution < -0.4 is 0 Å². The molecule has 1 atom stereocenters. The molecule has 0 aliphatic heterocycles. The van der Waals surface area contributed by atoms with Crippen molar-refractivity contribution < 1.29 is 14.8 Å². The lowest BCUT2D eigenvalue weighted by atomic mass is 9.87. The van der Waals surface area contributed by atoms with E-state index in [4.69, 9.17) is 10.6 Å². The second-order valence-corrected chi connectivity index (χ2v) is 8.50. The Morgan fingerprint density at radius 1 is 1.03 bits per heavy atom. The van der Waals surface area contributed by atoms with Gasteiger partial charge in [0.05, 0.1) is 4.92 Å². The minimum Gasteiger partial charge on any atom is -0.481 e. The number of nitro groups is 1. The molecule has 8 heteroatoms. The topological polar surface area (TPSA) is 129 Å². The lowest BCUT2D eigenvalue weighted by Gasteiger charge is -2.18. The van der Waals surface area contributed by atoms with E-state index in [0.29, 0.717) is 0 Å². The van der Waals surface area contributed by atoms with E-state index in [2.05, 4.69) is 16.9 Å². The van der Waals surface area contributed by atoms with Crippen LogP contribution in [0.15, 0.2) is 23.3 Å². The number of carboxylic acids is 1. The van der Waals surface area contributed by atoms with Gasteiger partial charge in [-0.05, 0) is 30.7 Å². The van der Waals surface area contributed by atoms with Crippen molar-refractivity contribution in [2.24, 2.45) is 5.11 Å². The zero-order chi connectivity index (χ0) is 23.6. The van der Waals surface area contributed by atoms with Crippen molar-refractivity contribution in [2.45, 2.75) is 109 Å². The second kappa shape index (κ2) is 17.0. The molecule has 0 amide bonds. The van der Waals surface area contributed by atoms with Gasteiger partial charge in [0.15, 0.2) is 0 Å². The van der Waals surface area contributed by atoms with Crippen molar-refractivity contribution in [3.05, 3.63) is 44.3 Å². The van der Waals surface area contributed by atoms with E-state index in [1.54, 1.807) is 12.1 Å². The van der Waals surface area contributed by atoms with Crippen molar-refractivity contribution >= 4 is 17.3 Å². The molecule has 0 bridgehead atoms. The molecule has 1 unspecified atom stereocenters. The van der Waals surface area contributed by atoms with Crippen LogP contribution in [-0.2, 0) is 4.79 Å². The fourth-order valence-electron chi connectivity index (χ4n) is 4.15. The summed E-state index contributed by atoms with van der Waals surface area (Å²) in [5, 5.41) is 23.8. The molecule has 0 aromatic heterocycles. The van der Waals surface area contributed by atoms with E-state index in [-0.39, 0.29) is 28.6 Å². The van der Waals surface area contributed by atoms with Gasteiger partial charge in [-0.1, -0.05) is 94.8 Å². The van der Waals surface area contributed by atoms with Crippen LogP contribution in [0, 0.1) is 10.1 Å². The predicted octanol–water partition coefficient (Wildman–Crippen LogP) is 8.58. The van der Waals surface area contributed by atoms with Gasteiger partial charge in [-0.25, -0.2) is 0 Å². The summed E-state index contributed by atoms with van der Waals surface area (Å²) in [6.45, 7) is 2.17. The van der Waals surface area contributed by atoms with Gasteiger partial charge in [0.1, 0.15) is 0 Å². The van der Waals surface area contributed by atoms with Gasteiger partial charge in [0.2, 0.25) is 0 Å². The number of nitro benzene ring substituents is 1. The summed E-state index contributed by atoms with van der Waals surface area (Å²) in [7, 11) is 0. The third-order valence-corrected chi connectivity index (χ3v) is 5.91. The van der Waals surface area contributed by atoms with Gasteiger partial charge < -0.3 is 5.11 Å². The molecule has 1 rings (SSSR count). The van der Waals surface area contributed by atoms with E-state index in [1.807, 2.05) is 0 Å². The van der Waals surface area contributed by atoms with Gasteiger partial charge in [0, 0.05) is 28.6 Å². The van der Waals surface area contributed by atoms with Crippen LogP contribution in [-0.4, -0.2) is 16.0 Å². The standard InChI is InChI=1S/C24H38N4O4/c1-2-3-4-11-14-20(15-12-9-7-5-6-8-10-13-16-24(29)30)22-18-17-21(26-27-25)19-23(22)28(31)32/h17-20H,2-16H2,1H3,(H,29,30). The maximum atomic E-state index is 11.7. The Kier molecular flexibility index (Phi) is 14.6. The van der Waals surface area contributed by atoms with Crippen LogP contribution in [0.5, 0.6) is 0 Å². The predicted molar refractivity (Wildman–Crippen MR) is 127 cm³/mol. The molecule has 1 aromatic rings. The van der Waals surface area contributed by atoms with E-state index >= 15 is 0 Å². The lowest BCUT2D eigenvalue weighted by molar-refractivity contribution is -0.385. The third-order valence-electron chi connectivity index (χ3n) is 5.91. The Balaban J connectivity index is 2.57. The Labute approximate surface area is 191 Å². The molecule has 1 aromatic carbocycles. The second-order valence-electron chi connectivity index (χ2n) is 8.50. The normalized spacial score (nSPS) is 11.7. The molecule has 0 radical (unpaired) electrons.